The van der Waals surface area contributed by atoms with Crippen molar-refractivity contribution in [3.63, 3.8) is 0 Å². The van der Waals surface area contributed by atoms with Gasteiger partial charge in [0.1, 0.15) is 0 Å². The van der Waals surface area contributed by atoms with E-state index in [0.29, 0.717) is 18.2 Å². The van der Waals surface area contributed by atoms with Gasteiger partial charge < -0.3 is 10.2 Å². The maximum atomic E-state index is 13.3. The lowest BCUT2D eigenvalue weighted by atomic mass is 10.1. The minimum Gasteiger partial charge on any atom is -0.381 e. The number of aromatic nitrogens is 1. The van der Waals surface area contributed by atoms with E-state index >= 15 is 0 Å². The summed E-state index contributed by atoms with van der Waals surface area (Å²) < 4.78 is 0. The fourth-order valence-corrected chi connectivity index (χ4v) is 2.83. The molecule has 0 saturated heterocycles. The molecule has 1 amide bonds. The molecule has 0 aliphatic rings. The Hall–Kier alpha value is -3.14. The molecule has 4 heteroatoms. The van der Waals surface area contributed by atoms with Gasteiger partial charge in [-0.25, -0.2) is 0 Å². The first-order chi connectivity index (χ1) is 13.2. The third kappa shape index (κ3) is 4.94. The summed E-state index contributed by atoms with van der Waals surface area (Å²) >= 11 is 0. The summed E-state index contributed by atoms with van der Waals surface area (Å²) in [5, 5.41) is 3.38. The Morgan fingerprint density at radius 2 is 1.70 bits per heavy atom. The van der Waals surface area contributed by atoms with Crippen LogP contribution in [-0.4, -0.2) is 16.9 Å². The highest BCUT2D eigenvalue weighted by Crippen LogP contribution is 2.21. The molecule has 1 heterocycles. The Kier molecular flexibility index (Phi) is 6.21. The largest absolute Gasteiger partial charge is 0.381 e. The lowest BCUT2D eigenvalue weighted by Gasteiger charge is -2.23. The quantitative estimate of drug-likeness (QED) is 0.635. The van der Waals surface area contributed by atoms with Crippen LogP contribution in [0.4, 0.5) is 11.4 Å². The van der Waals surface area contributed by atoms with Crippen LogP contribution in [0.25, 0.3) is 0 Å². The number of anilines is 2. The number of carbonyl (C=O) groups is 1. The van der Waals surface area contributed by atoms with Crippen LogP contribution < -0.4 is 10.2 Å². The molecule has 3 aromatic rings. The van der Waals surface area contributed by atoms with Gasteiger partial charge in [0.25, 0.3) is 5.91 Å². The predicted molar refractivity (Wildman–Crippen MR) is 111 cm³/mol. The second-order valence-corrected chi connectivity index (χ2v) is 6.63. The first kappa shape index (κ1) is 18.6. The molecule has 3 rings (SSSR count). The molecule has 4 nitrogen and oxygen atoms in total. The molecular weight excluding hydrogens is 334 g/mol. The van der Waals surface area contributed by atoms with E-state index in [9.17, 15) is 4.79 Å². The maximum absolute atomic E-state index is 13.3. The molecule has 1 N–H and O–H groups in total. The van der Waals surface area contributed by atoms with Crippen molar-refractivity contribution in [2.24, 2.45) is 0 Å². The van der Waals surface area contributed by atoms with Gasteiger partial charge in [-0.1, -0.05) is 55.5 Å². The van der Waals surface area contributed by atoms with Crippen molar-refractivity contribution < 1.29 is 4.79 Å². The average Bonchev–Trinajstić information content (AvgIpc) is 2.73. The second kappa shape index (κ2) is 8.99. The summed E-state index contributed by atoms with van der Waals surface area (Å²) in [6.45, 7) is 4.74. The Morgan fingerprint density at radius 3 is 2.37 bits per heavy atom. The van der Waals surface area contributed by atoms with E-state index in [2.05, 4.69) is 24.1 Å². The maximum Gasteiger partial charge on any atom is 0.260 e. The summed E-state index contributed by atoms with van der Waals surface area (Å²) in [6, 6.07) is 22.0. The highest BCUT2D eigenvalue weighted by Gasteiger charge is 2.19. The summed E-state index contributed by atoms with van der Waals surface area (Å²) in [6.07, 6.45) is 4.39. The third-order valence-corrected chi connectivity index (χ3v) is 4.51. The molecule has 1 atom stereocenters. The normalized spacial score (nSPS) is 11.6. The molecule has 1 unspecified atom stereocenters. The molecule has 0 radical (unpaired) electrons. The molecule has 2 aromatic carbocycles. The molecule has 1 aromatic heterocycles. The first-order valence-electron chi connectivity index (χ1n) is 9.29. The van der Waals surface area contributed by atoms with E-state index in [-0.39, 0.29) is 5.91 Å². The van der Waals surface area contributed by atoms with Gasteiger partial charge in [-0.3, -0.25) is 9.78 Å². The minimum atomic E-state index is -0.0645. The van der Waals surface area contributed by atoms with Crippen LogP contribution in [0.5, 0.6) is 0 Å². The molecule has 0 aliphatic carbocycles. The van der Waals surface area contributed by atoms with Crippen LogP contribution in [-0.2, 0) is 6.54 Å². The number of pyridine rings is 1. The van der Waals surface area contributed by atoms with Gasteiger partial charge >= 0.3 is 0 Å². The summed E-state index contributed by atoms with van der Waals surface area (Å²) in [5.74, 6) is -0.0645. The van der Waals surface area contributed by atoms with E-state index in [1.165, 1.54) is 0 Å². The minimum absolute atomic E-state index is 0.0645. The van der Waals surface area contributed by atoms with Crippen molar-refractivity contribution in [2.75, 3.05) is 10.2 Å². The zero-order chi connectivity index (χ0) is 19.1. The van der Waals surface area contributed by atoms with Crippen LogP contribution in [0.15, 0.2) is 79.1 Å². The Morgan fingerprint density at radius 1 is 1.04 bits per heavy atom. The molecule has 138 valence electrons. The Balaban J connectivity index is 1.90. The standard InChI is InChI=1S/C23H25N3O/c1-3-18(2)25-21-14-20(15-24-16-21)23(27)26(22-12-8-5-9-13-22)17-19-10-6-4-7-11-19/h4-16,18,25H,3,17H2,1-2H3. The van der Waals surface area contributed by atoms with Crippen molar-refractivity contribution in [1.82, 2.24) is 4.98 Å². The monoisotopic (exact) mass is 359 g/mol. The van der Waals surface area contributed by atoms with Gasteiger partial charge in [0.15, 0.2) is 0 Å². The fraction of sp³-hybridized carbons (Fsp3) is 0.217. The van der Waals surface area contributed by atoms with E-state index in [0.717, 1.165) is 23.4 Å². The van der Waals surface area contributed by atoms with Crippen molar-refractivity contribution in [3.05, 3.63) is 90.3 Å². The number of rotatable bonds is 7. The third-order valence-electron chi connectivity index (χ3n) is 4.51. The number of hydrogen-bond donors (Lipinski definition) is 1. The Bertz CT molecular complexity index is 865. The molecular formula is C23H25N3O. The highest BCUT2D eigenvalue weighted by atomic mass is 16.2. The molecule has 0 aliphatic heterocycles. The van der Waals surface area contributed by atoms with Gasteiger partial charge in [-0.05, 0) is 37.1 Å². The molecule has 27 heavy (non-hydrogen) atoms. The van der Waals surface area contributed by atoms with Gasteiger partial charge in [0, 0.05) is 24.1 Å². The molecule has 0 saturated carbocycles. The van der Waals surface area contributed by atoms with Crippen LogP contribution in [0.2, 0.25) is 0 Å². The summed E-state index contributed by atoms with van der Waals surface area (Å²) in [4.78, 5) is 19.4. The number of hydrogen-bond acceptors (Lipinski definition) is 3. The van der Waals surface area contributed by atoms with Crippen molar-refractivity contribution >= 4 is 17.3 Å². The van der Waals surface area contributed by atoms with Crippen molar-refractivity contribution in [3.8, 4) is 0 Å². The van der Waals surface area contributed by atoms with Crippen molar-refractivity contribution in [1.29, 1.82) is 0 Å². The number of nitrogens with one attached hydrogen (secondary N) is 1. The van der Waals surface area contributed by atoms with Gasteiger partial charge in [0.2, 0.25) is 0 Å². The SMILES string of the molecule is CCC(C)Nc1cncc(C(=O)N(Cc2ccccc2)c2ccccc2)c1. The zero-order valence-corrected chi connectivity index (χ0v) is 15.8. The second-order valence-electron chi connectivity index (χ2n) is 6.63. The van der Waals surface area contributed by atoms with Gasteiger partial charge in [-0.2, -0.15) is 0 Å². The Labute approximate surface area is 160 Å². The van der Waals surface area contributed by atoms with Gasteiger partial charge in [-0.15, -0.1) is 0 Å². The molecule has 0 fully saturated rings. The number of amides is 1. The first-order valence-corrected chi connectivity index (χ1v) is 9.29. The molecule has 0 spiro atoms. The van der Waals surface area contributed by atoms with E-state index in [1.807, 2.05) is 66.7 Å². The zero-order valence-electron chi connectivity index (χ0n) is 15.8. The van der Waals surface area contributed by atoms with Crippen molar-refractivity contribution in [2.45, 2.75) is 32.9 Å². The van der Waals surface area contributed by atoms with E-state index in [4.69, 9.17) is 0 Å². The van der Waals surface area contributed by atoms with E-state index in [1.54, 1.807) is 17.3 Å². The lowest BCUT2D eigenvalue weighted by Crippen LogP contribution is -2.30. The predicted octanol–water partition coefficient (Wildman–Crippen LogP) is 5.14. The van der Waals surface area contributed by atoms with Crippen LogP contribution in [0.3, 0.4) is 0 Å². The van der Waals surface area contributed by atoms with Crippen LogP contribution in [0, 0.1) is 0 Å². The van der Waals surface area contributed by atoms with E-state index < -0.39 is 0 Å². The average molecular weight is 359 g/mol. The fourth-order valence-electron chi connectivity index (χ4n) is 2.83. The number of carbonyl (C=O) groups excluding carboxylic acids is 1. The number of para-hydroxylation sites is 1. The lowest BCUT2D eigenvalue weighted by molar-refractivity contribution is 0.0985. The topological polar surface area (TPSA) is 45.2 Å². The van der Waals surface area contributed by atoms with Crippen LogP contribution >= 0.6 is 0 Å². The summed E-state index contributed by atoms with van der Waals surface area (Å²) in [7, 11) is 0. The van der Waals surface area contributed by atoms with Crippen LogP contribution in [0.1, 0.15) is 36.2 Å². The molecule has 0 bridgehead atoms. The summed E-state index contributed by atoms with van der Waals surface area (Å²) in [5.41, 5.74) is 3.38. The smallest absolute Gasteiger partial charge is 0.260 e. The highest BCUT2D eigenvalue weighted by molar-refractivity contribution is 6.06. The number of benzene rings is 2. The van der Waals surface area contributed by atoms with Gasteiger partial charge in [0.05, 0.1) is 17.8 Å². The number of nitrogens with zero attached hydrogens (tertiary/aromatic N) is 2.